The van der Waals surface area contributed by atoms with Crippen LogP contribution in [0.15, 0.2) is 0 Å². The molecule has 0 atom stereocenters. The molecule has 0 aromatic carbocycles. The third kappa shape index (κ3) is 20000. The normalized spacial score (nSPS) is 1.90. The molecule has 0 saturated heterocycles. The largest absolute Gasteiger partial charge is 1.00 e. The van der Waals surface area contributed by atoms with Crippen LogP contribution in [0, 0.1) is 0 Å². The summed E-state index contributed by atoms with van der Waals surface area (Å²) in [6, 6.07) is 0. The molecule has 0 fully saturated rings. The average molecular weight is 574 g/mol. The molecule has 0 saturated carbocycles. The van der Waals surface area contributed by atoms with Crippen LogP contribution in [0.3, 0.4) is 0 Å². The Labute approximate surface area is 217 Å². The predicted octanol–water partition coefficient (Wildman–Crippen LogP) is -28.0. The van der Waals surface area contributed by atoms with Crippen LogP contribution in [0.5, 0.6) is 0 Å². The van der Waals surface area contributed by atoms with Gasteiger partial charge in [-0.05, 0) is 0 Å². The summed E-state index contributed by atoms with van der Waals surface area (Å²) in [6.07, 6.45) is 0. The summed E-state index contributed by atoms with van der Waals surface area (Å²) >= 11 is 0. The molecule has 0 radical (unpaired) electrons. The Morgan fingerprint density at radius 1 is 0.323 bits per heavy atom. The van der Waals surface area contributed by atoms with E-state index in [1.807, 2.05) is 0 Å². The van der Waals surface area contributed by atoms with Gasteiger partial charge in [0.25, 0.3) is 0 Å². The summed E-state index contributed by atoms with van der Waals surface area (Å²) < 4.78 is 8.66. The molecule has 224 valence electrons. The molecule has 31 heteroatoms. The minimum absolute atomic E-state index is 0. The van der Waals surface area contributed by atoms with E-state index in [2.05, 4.69) is 0 Å². The quantitative estimate of drug-likeness (QED) is 0.217. The molecular weight excluding hydrogens is 525 g/mol. The maximum atomic E-state index is 8.66. The Morgan fingerprint density at radius 3 is 0.323 bits per heavy atom. The Bertz CT molecular complexity index is 63.1. The first-order valence-corrected chi connectivity index (χ1v) is 2.24. The van der Waals surface area contributed by atoms with E-state index in [0.717, 1.165) is 0 Å². The van der Waals surface area contributed by atoms with Gasteiger partial charge < -0.3 is 151 Å². The standard InChI is InChI=1S/2Na.H3O4P.24H2O/c;;1-5(2,3)4;;;;;;;;;;;;;;;;;;;;;;;;/h;;(H3,1,2,3,4);24*1H2/q2*+1;;;;;;;;;;;;;;;;;;;;;;;;;/p-2. The van der Waals surface area contributed by atoms with E-state index in [1.54, 1.807) is 0 Å². The summed E-state index contributed by atoms with van der Waals surface area (Å²) in [6.45, 7) is 0. The predicted molar refractivity (Wildman–Crippen MR) is 96.6 cm³/mol. The molecule has 28 nitrogen and oxygen atoms in total. The van der Waals surface area contributed by atoms with Gasteiger partial charge >= 0.3 is 59.1 Å². The van der Waals surface area contributed by atoms with E-state index < -0.39 is 7.82 Å². The van der Waals surface area contributed by atoms with E-state index in [-0.39, 0.29) is 191 Å². The van der Waals surface area contributed by atoms with Crippen molar-refractivity contribution in [3.63, 3.8) is 0 Å². The number of hydrogen-bond acceptors (Lipinski definition) is 3. The summed E-state index contributed by atoms with van der Waals surface area (Å²) in [5, 5.41) is 0. The SMILES string of the molecule is O.O.O.O.O.O.O.O.O.O.O.O.O.O.O.O.O.O.O.O.O.O.O.O.O=P([O-])([O-])O.[Na+].[Na+]. The Balaban J connectivity index is -0.000000000246. The molecule has 0 spiro atoms. The average Bonchev–Trinajstić information content (AvgIpc) is 0.722. The fourth-order valence-corrected chi connectivity index (χ4v) is 0. The maximum absolute atomic E-state index is 8.66. The van der Waals surface area contributed by atoms with Gasteiger partial charge in [-0.2, -0.15) is 0 Å². The van der Waals surface area contributed by atoms with Crippen molar-refractivity contribution in [2.75, 3.05) is 0 Å². The van der Waals surface area contributed by atoms with Gasteiger partial charge in [0.05, 0.1) is 7.82 Å². The molecule has 0 amide bonds. The fourth-order valence-electron chi connectivity index (χ4n) is 0. The van der Waals surface area contributed by atoms with Crippen molar-refractivity contribution in [1.82, 2.24) is 0 Å². The molecule has 0 aromatic rings. The summed E-state index contributed by atoms with van der Waals surface area (Å²) in [4.78, 5) is 24.3. The molecule has 0 rings (SSSR count). The molecule has 0 heterocycles. The van der Waals surface area contributed by atoms with Gasteiger partial charge in [0, 0.05) is 0 Å². The summed E-state index contributed by atoms with van der Waals surface area (Å²) in [7, 11) is -5.14. The molecule has 49 N–H and O–H groups in total. The number of hydrogen-bond donors (Lipinski definition) is 1. The summed E-state index contributed by atoms with van der Waals surface area (Å²) in [5.41, 5.74) is 0. The van der Waals surface area contributed by atoms with Gasteiger partial charge in [0.2, 0.25) is 0 Å². The Hall–Kier alpha value is 1.15. The molecule has 31 heavy (non-hydrogen) atoms. The van der Waals surface area contributed by atoms with Crippen LogP contribution in [0.1, 0.15) is 0 Å². The fraction of sp³-hybridized carbons (Fsp3) is 0. The first kappa shape index (κ1) is 1180. The minimum atomic E-state index is -5.14. The molecule has 0 aliphatic carbocycles. The zero-order valence-corrected chi connectivity index (χ0v) is 21.0. The van der Waals surface area contributed by atoms with Crippen molar-refractivity contribution in [2.45, 2.75) is 0 Å². The van der Waals surface area contributed by atoms with Crippen LogP contribution in [0.25, 0.3) is 0 Å². The zero-order chi connectivity index (χ0) is 4.50. The van der Waals surface area contributed by atoms with Crippen LogP contribution in [-0.4, -0.2) is 136 Å². The first-order chi connectivity index (χ1) is 2.00. The van der Waals surface area contributed by atoms with Gasteiger partial charge in [-0.3, -0.25) is 0 Å². The molecule has 0 aliphatic heterocycles. The van der Waals surface area contributed by atoms with Crippen molar-refractivity contribution in [2.24, 2.45) is 0 Å². The molecule has 0 bridgehead atoms. The van der Waals surface area contributed by atoms with Crippen LogP contribution >= 0.6 is 7.82 Å². The van der Waals surface area contributed by atoms with Gasteiger partial charge in [-0.1, -0.05) is 0 Å². The van der Waals surface area contributed by atoms with Crippen LogP contribution in [0.2, 0.25) is 0 Å². The molecule has 0 aliphatic rings. The zero-order valence-electron chi connectivity index (χ0n) is 16.1. The van der Waals surface area contributed by atoms with Crippen LogP contribution in [-0.2, 0) is 4.57 Å². The van der Waals surface area contributed by atoms with Crippen molar-refractivity contribution in [3.05, 3.63) is 0 Å². The third-order valence-electron chi connectivity index (χ3n) is 0. The van der Waals surface area contributed by atoms with Gasteiger partial charge in [0.15, 0.2) is 0 Å². The van der Waals surface area contributed by atoms with Crippen molar-refractivity contribution < 1.29 is 210 Å². The Kier molecular flexibility index (Phi) is 21000. The van der Waals surface area contributed by atoms with E-state index in [0.29, 0.717) is 0 Å². The second-order valence-electron chi connectivity index (χ2n) is 0.469. The van der Waals surface area contributed by atoms with E-state index in [9.17, 15) is 0 Å². The maximum Gasteiger partial charge on any atom is 1.00 e. The van der Waals surface area contributed by atoms with Crippen LogP contribution in [0.4, 0.5) is 0 Å². The summed E-state index contributed by atoms with van der Waals surface area (Å²) in [5.74, 6) is 0. The topological polar surface area (TPSA) is 839 Å². The molecular formula is H49Na2O28P. The second-order valence-corrected chi connectivity index (χ2v) is 1.41. The van der Waals surface area contributed by atoms with E-state index in [1.165, 1.54) is 0 Å². The second kappa shape index (κ2) is 554. The van der Waals surface area contributed by atoms with E-state index >= 15 is 0 Å². The first-order valence-electron chi connectivity index (χ1n) is 0.748. The van der Waals surface area contributed by atoms with Gasteiger partial charge in [-0.25, -0.2) is 0 Å². The third-order valence-corrected chi connectivity index (χ3v) is 0. The molecule has 0 unspecified atom stereocenters. The monoisotopic (exact) mass is 574 g/mol. The van der Waals surface area contributed by atoms with Crippen molar-refractivity contribution >= 4 is 7.82 Å². The van der Waals surface area contributed by atoms with Crippen molar-refractivity contribution in [3.8, 4) is 0 Å². The van der Waals surface area contributed by atoms with E-state index in [4.69, 9.17) is 19.2 Å². The Morgan fingerprint density at radius 2 is 0.323 bits per heavy atom. The van der Waals surface area contributed by atoms with Crippen molar-refractivity contribution in [1.29, 1.82) is 0 Å². The number of rotatable bonds is 0. The van der Waals surface area contributed by atoms with Gasteiger partial charge in [-0.15, -0.1) is 0 Å². The van der Waals surface area contributed by atoms with Gasteiger partial charge in [0.1, 0.15) is 0 Å². The number of phosphoric acid groups is 1. The van der Waals surface area contributed by atoms with Crippen LogP contribution < -0.4 is 68.9 Å². The smallest absolute Gasteiger partial charge is 0.790 e. The molecule has 0 aromatic heterocycles. The minimum Gasteiger partial charge on any atom is -0.790 e.